The van der Waals surface area contributed by atoms with Crippen LogP contribution in [-0.4, -0.2) is 34.9 Å². The molecule has 5 heteroatoms. The number of hydrogen-bond donors (Lipinski definition) is 1. The maximum absolute atomic E-state index is 11.7. The fraction of sp³-hybridized carbons (Fsp3) is 0.933. The van der Waals surface area contributed by atoms with Gasteiger partial charge >= 0.3 is 6.09 Å². The summed E-state index contributed by atoms with van der Waals surface area (Å²) in [6.45, 7) is 8.88. The van der Waals surface area contributed by atoms with Crippen molar-refractivity contribution in [3.8, 4) is 0 Å². The summed E-state index contributed by atoms with van der Waals surface area (Å²) in [5.74, 6) is 0.854. The summed E-state index contributed by atoms with van der Waals surface area (Å²) in [6, 6.07) is 0. The molecule has 1 aliphatic rings. The molecule has 1 unspecified atom stereocenters. The quantitative estimate of drug-likeness (QED) is 0.524. The lowest BCUT2D eigenvalue weighted by molar-refractivity contribution is -0.0226. The third kappa shape index (κ3) is 7.11. The van der Waals surface area contributed by atoms with Gasteiger partial charge in [0.1, 0.15) is 5.60 Å². The molecule has 0 aromatic carbocycles. The Kier molecular flexibility index (Phi) is 7.04. The Bertz CT molecular complexity index is 313. The number of nitrogens with one attached hydrogen (secondary N) is 1. The highest BCUT2D eigenvalue weighted by Crippen LogP contribution is 2.29. The van der Waals surface area contributed by atoms with Crippen LogP contribution < -0.4 is 5.32 Å². The second-order valence-corrected chi connectivity index (χ2v) is 7.64. The zero-order chi connectivity index (χ0) is 15.2. The molecular weight excluding hydrogens is 369 g/mol. The summed E-state index contributed by atoms with van der Waals surface area (Å²) in [5, 5.41) is 2.81. The van der Waals surface area contributed by atoms with Gasteiger partial charge in [0, 0.05) is 11.0 Å². The molecule has 0 aliphatic heterocycles. The van der Waals surface area contributed by atoms with Crippen LogP contribution in [0.2, 0.25) is 0 Å². The zero-order valence-corrected chi connectivity index (χ0v) is 15.3. The van der Waals surface area contributed by atoms with Crippen molar-refractivity contribution in [3.05, 3.63) is 0 Å². The number of ether oxygens (including phenoxy) is 2. The highest BCUT2D eigenvalue weighted by molar-refractivity contribution is 14.1. The van der Waals surface area contributed by atoms with E-state index in [0.29, 0.717) is 6.54 Å². The van der Waals surface area contributed by atoms with Gasteiger partial charge in [-0.3, -0.25) is 0 Å². The van der Waals surface area contributed by atoms with Gasteiger partial charge in [-0.1, -0.05) is 41.9 Å². The molecule has 0 radical (unpaired) electrons. The van der Waals surface area contributed by atoms with Gasteiger partial charge in [0.25, 0.3) is 0 Å². The molecule has 20 heavy (non-hydrogen) atoms. The maximum atomic E-state index is 11.7. The Morgan fingerprint density at radius 1 is 1.30 bits per heavy atom. The first-order valence-corrected chi connectivity index (χ1v) is 8.93. The van der Waals surface area contributed by atoms with E-state index in [-0.39, 0.29) is 11.7 Å². The first-order chi connectivity index (χ1) is 9.24. The molecule has 1 aliphatic carbocycles. The van der Waals surface area contributed by atoms with Crippen molar-refractivity contribution in [1.82, 2.24) is 5.32 Å². The van der Waals surface area contributed by atoms with E-state index < -0.39 is 5.60 Å². The van der Waals surface area contributed by atoms with Crippen LogP contribution in [-0.2, 0) is 9.47 Å². The minimum atomic E-state index is -0.462. The first-order valence-electron chi connectivity index (χ1n) is 7.41. The van der Waals surface area contributed by atoms with Gasteiger partial charge in [-0.05, 0) is 40.0 Å². The number of alkyl halides is 1. The second-order valence-electron chi connectivity index (χ2n) is 6.87. The summed E-state index contributed by atoms with van der Waals surface area (Å²) in [6.07, 6.45) is 4.82. The van der Waals surface area contributed by atoms with E-state index in [1.54, 1.807) is 0 Å². The molecule has 1 rings (SSSR count). The average molecular weight is 397 g/mol. The van der Waals surface area contributed by atoms with Crippen LogP contribution in [0.25, 0.3) is 0 Å². The van der Waals surface area contributed by atoms with Crippen LogP contribution >= 0.6 is 22.6 Å². The summed E-state index contributed by atoms with van der Waals surface area (Å²) in [7, 11) is 0. The van der Waals surface area contributed by atoms with E-state index in [0.717, 1.165) is 23.4 Å². The molecule has 0 heterocycles. The van der Waals surface area contributed by atoms with Gasteiger partial charge in [0.05, 0.1) is 12.1 Å². The molecule has 118 valence electrons. The third-order valence-corrected chi connectivity index (χ3v) is 5.10. The van der Waals surface area contributed by atoms with Gasteiger partial charge < -0.3 is 14.8 Å². The number of amides is 1. The minimum absolute atomic E-state index is 0.318. The molecule has 1 atom stereocenters. The van der Waals surface area contributed by atoms with E-state index in [2.05, 4.69) is 27.9 Å². The maximum Gasteiger partial charge on any atom is 0.407 e. The fourth-order valence-electron chi connectivity index (χ4n) is 1.96. The standard InChI is InChI=1S/C15H28INO3/c1-14(2,3)20-13(18)17-11-15(4,10-16)19-9-8-12-6-5-7-12/h12H,5-11H2,1-4H3,(H,17,18). The highest BCUT2D eigenvalue weighted by Gasteiger charge is 2.27. The van der Waals surface area contributed by atoms with Crippen molar-refractivity contribution in [2.45, 2.75) is 64.6 Å². The molecule has 0 aromatic heterocycles. The van der Waals surface area contributed by atoms with Crippen LogP contribution in [0.5, 0.6) is 0 Å². The van der Waals surface area contributed by atoms with Crippen LogP contribution in [0.1, 0.15) is 53.4 Å². The van der Waals surface area contributed by atoms with Crippen molar-refractivity contribution in [3.63, 3.8) is 0 Å². The molecule has 0 spiro atoms. The number of rotatable bonds is 7. The normalized spacial score (nSPS) is 19.1. The topological polar surface area (TPSA) is 47.6 Å². The smallest absolute Gasteiger partial charge is 0.407 e. The lowest BCUT2D eigenvalue weighted by Crippen LogP contribution is -2.46. The van der Waals surface area contributed by atoms with Gasteiger partial charge in [-0.2, -0.15) is 0 Å². The number of alkyl carbamates (subject to hydrolysis) is 1. The molecule has 0 bridgehead atoms. The van der Waals surface area contributed by atoms with E-state index >= 15 is 0 Å². The van der Waals surface area contributed by atoms with Crippen molar-refractivity contribution >= 4 is 28.7 Å². The van der Waals surface area contributed by atoms with Crippen LogP contribution in [0.15, 0.2) is 0 Å². The highest BCUT2D eigenvalue weighted by atomic mass is 127. The summed E-state index contributed by atoms with van der Waals surface area (Å²) in [5.41, 5.74) is -0.781. The molecule has 0 saturated heterocycles. The Hall–Kier alpha value is -0.0400. The van der Waals surface area contributed by atoms with Gasteiger partial charge in [0.15, 0.2) is 0 Å². The van der Waals surface area contributed by atoms with Crippen molar-refractivity contribution in [2.24, 2.45) is 5.92 Å². The monoisotopic (exact) mass is 397 g/mol. The predicted molar refractivity (Wildman–Crippen MR) is 89.4 cm³/mol. The summed E-state index contributed by atoms with van der Waals surface area (Å²) >= 11 is 2.30. The SMILES string of the molecule is CC(C)(C)OC(=O)NCC(C)(CI)OCCC1CCC1. The van der Waals surface area contributed by atoms with Gasteiger partial charge in [-0.15, -0.1) is 0 Å². The van der Waals surface area contributed by atoms with E-state index in [1.165, 1.54) is 19.3 Å². The Morgan fingerprint density at radius 2 is 1.95 bits per heavy atom. The molecule has 1 fully saturated rings. The van der Waals surface area contributed by atoms with Crippen molar-refractivity contribution in [2.75, 3.05) is 17.6 Å². The summed E-state index contributed by atoms with van der Waals surface area (Å²) in [4.78, 5) is 11.7. The number of carbonyl (C=O) groups is 1. The minimum Gasteiger partial charge on any atom is -0.444 e. The lowest BCUT2D eigenvalue weighted by Gasteiger charge is -2.31. The Labute approximate surface area is 136 Å². The fourth-order valence-corrected chi connectivity index (χ4v) is 2.45. The van der Waals surface area contributed by atoms with Crippen LogP contribution in [0, 0.1) is 5.92 Å². The number of carbonyl (C=O) groups excluding carboxylic acids is 1. The molecular formula is C15H28INO3. The lowest BCUT2D eigenvalue weighted by atomic mass is 9.83. The molecule has 4 nitrogen and oxygen atoms in total. The first kappa shape index (κ1) is 18.0. The second kappa shape index (κ2) is 7.82. The van der Waals surface area contributed by atoms with Crippen LogP contribution in [0.4, 0.5) is 4.79 Å². The zero-order valence-electron chi connectivity index (χ0n) is 13.1. The summed E-state index contributed by atoms with van der Waals surface area (Å²) < 4.78 is 12.1. The van der Waals surface area contributed by atoms with E-state index in [1.807, 2.05) is 27.7 Å². The Morgan fingerprint density at radius 3 is 2.40 bits per heavy atom. The van der Waals surface area contributed by atoms with Crippen molar-refractivity contribution < 1.29 is 14.3 Å². The number of hydrogen-bond acceptors (Lipinski definition) is 3. The van der Waals surface area contributed by atoms with Crippen LogP contribution in [0.3, 0.4) is 0 Å². The largest absolute Gasteiger partial charge is 0.444 e. The van der Waals surface area contributed by atoms with E-state index in [4.69, 9.17) is 9.47 Å². The van der Waals surface area contributed by atoms with E-state index in [9.17, 15) is 4.79 Å². The molecule has 1 amide bonds. The number of halogens is 1. The molecule has 0 aromatic rings. The molecule has 1 saturated carbocycles. The predicted octanol–water partition coefficient (Wildman–Crippen LogP) is 3.91. The third-order valence-electron chi connectivity index (χ3n) is 3.49. The van der Waals surface area contributed by atoms with Gasteiger partial charge in [0.2, 0.25) is 0 Å². The molecule has 1 N–H and O–H groups in total. The van der Waals surface area contributed by atoms with Gasteiger partial charge in [-0.25, -0.2) is 4.79 Å². The average Bonchev–Trinajstić information content (AvgIpc) is 2.28. The van der Waals surface area contributed by atoms with Crippen molar-refractivity contribution in [1.29, 1.82) is 0 Å². The Balaban J connectivity index is 2.26.